The van der Waals surface area contributed by atoms with E-state index in [0.29, 0.717) is 0 Å². The van der Waals surface area contributed by atoms with Crippen LogP contribution in [0.25, 0.3) is 0 Å². The highest BCUT2D eigenvalue weighted by atomic mass is 16.1. The van der Waals surface area contributed by atoms with Gasteiger partial charge in [-0.15, -0.1) is 0 Å². The lowest BCUT2D eigenvalue weighted by atomic mass is 10.2. The van der Waals surface area contributed by atoms with Crippen molar-refractivity contribution in [3.63, 3.8) is 0 Å². The third-order valence-corrected chi connectivity index (χ3v) is 3.20. The van der Waals surface area contributed by atoms with Gasteiger partial charge in [0, 0.05) is 18.2 Å². The van der Waals surface area contributed by atoms with Crippen LogP contribution in [0, 0.1) is 5.92 Å². The second kappa shape index (κ2) is 6.88. The number of carbonyl (C=O) groups is 1. The van der Waals surface area contributed by atoms with Gasteiger partial charge < -0.3 is 10.2 Å². The molecule has 1 amide bonds. The van der Waals surface area contributed by atoms with E-state index in [4.69, 9.17) is 0 Å². The number of benzene rings is 1. The molecule has 4 nitrogen and oxygen atoms in total. The molecule has 0 saturated heterocycles. The molecule has 1 N–H and O–H groups in total. The maximum atomic E-state index is 11.7. The molecule has 0 spiro atoms. The van der Waals surface area contributed by atoms with Crippen LogP contribution in [0.2, 0.25) is 0 Å². The first-order valence-electron chi connectivity index (χ1n) is 7.21. The van der Waals surface area contributed by atoms with Crippen molar-refractivity contribution in [1.82, 2.24) is 4.98 Å². The van der Waals surface area contributed by atoms with Crippen LogP contribution in [-0.2, 0) is 4.79 Å². The number of aromatic nitrogens is 1. The zero-order valence-corrected chi connectivity index (χ0v) is 12.7. The van der Waals surface area contributed by atoms with Crippen molar-refractivity contribution in [2.45, 2.75) is 20.8 Å². The lowest BCUT2D eigenvalue weighted by Crippen LogP contribution is -2.19. The largest absolute Gasteiger partial charge is 0.327 e. The van der Waals surface area contributed by atoms with E-state index in [2.05, 4.69) is 34.3 Å². The Morgan fingerprint density at radius 3 is 2.43 bits per heavy atom. The Kier molecular flexibility index (Phi) is 4.93. The smallest absolute Gasteiger partial charge is 0.226 e. The molecule has 0 saturated carbocycles. The van der Waals surface area contributed by atoms with E-state index in [1.807, 2.05) is 44.2 Å². The van der Waals surface area contributed by atoms with E-state index in [9.17, 15) is 4.79 Å². The summed E-state index contributed by atoms with van der Waals surface area (Å²) in [5, 5.41) is 2.85. The molecule has 2 aromatic rings. The van der Waals surface area contributed by atoms with Gasteiger partial charge >= 0.3 is 0 Å². The summed E-state index contributed by atoms with van der Waals surface area (Å²) in [6, 6.07) is 13.9. The lowest BCUT2D eigenvalue weighted by Gasteiger charge is -2.22. The number of anilines is 3. The van der Waals surface area contributed by atoms with Crippen molar-refractivity contribution in [2.75, 3.05) is 16.8 Å². The molecular weight excluding hydrogens is 262 g/mol. The minimum absolute atomic E-state index is 0.0000398. The fraction of sp³-hybridized carbons (Fsp3) is 0.294. The molecular formula is C17H21N3O. The quantitative estimate of drug-likeness (QED) is 0.907. The fourth-order valence-electron chi connectivity index (χ4n) is 1.99. The molecule has 1 aromatic heterocycles. The predicted octanol–water partition coefficient (Wildman–Crippen LogP) is 3.83. The highest BCUT2D eigenvalue weighted by Gasteiger charge is 2.10. The Balaban J connectivity index is 2.16. The highest BCUT2D eigenvalue weighted by molar-refractivity contribution is 5.92. The van der Waals surface area contributed by atoms with Crippen LogP contribution in [0.15, 0.2) is 48.7 Å². The molecule has 0 aliphatic rings. The van der Waals surface area contributed by atoms with Crippen LogP contribution in [-0.4, -0.2) is 17.4 Å². The molecule has 2 rings (SSSR count). The number of rotatable bonds is 5. The number of nitrogens with one attached hydrogen (secondary N) is 1. The highest BCUT2D eigenvalue weighted by Crippen LogP contribution is 2.23. The minimum atomic E-state index is -0.0406. The van der Waals surface area contributed by atoms with Gasteiger partial charge in [-0.25, -0.2) is 4.98 Å². The summed E-state index contributed by atoms with van der Waals surface area (Å²) in [6.07, 6.45) is 1.70. The average molecular weight is 283 g/mol. The number of para-hydroxylation sites is 1. The molecule has 0 atom stereocenters. The summed E-state index contributed by atoms with van der Waals surface area (Å²) < 4.78 is 0. The summed E-state index contributed by atoms with van der Waals surface area (Å²) in [7, 11) is 0. The summed E-state index contributed by atoms with van der Waals surface area (Å²) in [6.45, 7) is 6.65. The van der Waals surface area contributed by atoms with E-state index < -0.39 is 0 Å². The van der Waals surface area contributed by atoms with Gasteiger partial charge in [-0.1, -0.05) is 32.0 Å². The number of amides is 1. The van der Waals surface area contributed by atoms with Crippen LogP contribution in [0.3, 0.4) is 0 Å². The Hall–Kier alpha value is -2.36. The first-order valence-corrected chi connectivity index (χ1v) is 7.21. The third kappa shape index (κ3) is 3.81. The van der Waals surface area contributed by atoms with Gasteiger partial charge in [-0.05, 0) is 31.2 Å². The molecule has 21 heavy (non-hydrogen) atoms. The van der Waals surface area contributed by atoms with Crippen LogP contribution in [0.4, 0.5) is 17.2 Å². The first kappa shape index (κ1) is 15.0. The molecule has 1 aromatic carbocycles. The molecule has 4 heteroatoms. The average Bonchev–Trinajstić information content (AvgIpc) is 2.50. The third-order valence-electron chi connectivity index (χ3n) is 3.20. The van der Waals surface area contributed by atoms with Crippen molar-refractivity contribution >= 4 is 23.1 Å². The van der Waals surface area contributed by atoms with Crippen molar-refractivity contribution in [3.8, 4) is 0 Å². The molecule has 0 bridgehead atoms. The first-order chi connectivity index (χ1) is 10.1. The Morgan fingerprint density at radius 1 is 1.19 bits per heavy atom. The Bertz CT molecular complexity index is 579. The number of pyridine rings is 1. The molecule has 0 aliphatic heterocycles. The Labute approximate surface area is 125 Å². The molecule has 0 aliphatic carbocycles. The van der Waals surface area contributed by atoms with Crippen LogP contribution >= 0.6 is 0 Å². The van der Waals surface area contributed by atoms with Gasteiger partial charge in [0.15, 0.2) is 0 Å². The van der Waals surface area contributed by atoms with Gasteiger partial charge in [0.05, 0.1) is 11.9 Å². The van der Waals surface area contributed by atoms with E-state index in [-0.39, 0.29) is 11.8 Å². The number of nitrogens with zero attached hydrogens (tertiary/aromatic N) is 2. The van der Waals surface area contributed by atoms with Gasteiger partial charge in [0.2, 0.25) is 5.91 Å². The molecule has 0 unspecified atom stereocenters. The predicted molar refractivity (Wildman–Crippen MR) is 86.8 cm³/mol. The molecule has 1 heterocycles. The maximum absolute atomic E-state index is 11.7. The van der Waals surface area contributed by atoms with Crippen molar-refractivity contribution in [3.05, 3.63) is 48.7 Å². The Morgan fingerprint density at radius 2 is 1.90 bits per heavy atom. The fourth-order valence-corrected chi connectivity index (χ4v) is 1.99. The maximum Gasteiger partial charge on any atom is 0.226 e. The van der Waals surface area contributed by atoms with Gasteiger partial charge in [0.1, 0.15) is 5.82 Å². The number of carbonyl (C=O) groups excluding carboxylic acids is 1. The zero-order valence-electron chi connectivity index (χ0n) is 12.7. The van der Waals surface area contributed by atoms with Gasteiger partial charge in [0.25, 0.3) is 0 Å². The molecule has 0 fully saturated rings. The second-order valence-electron chi connectivity index (χ2n) is 5.13. The lowest BCUT2D eigenvalue weighted by molar-refractivity contribution is -0.118. The van der Waals surface area contributed by atoms with E-state index in [1.165, 1.54) is 0 Å². The summed E-state index contributed by atoms with van der Waals surface area (Å²) in [5.74, 6) is 0.826. The minimum Gasteiger partial charge on any atom is -0.327 e. The molecule has 0 radical (unpaired) electrons. The topological polar surface area (TPSA) is 45.2 Å². The van der Waals surface area contributed by atoms with Crippen LogP contribution in [0.1, 0.15) is 20.8 Å². The van der Waals surface area contributed by atoms with Crippen LogP contribution < -0.4 is 10.2 Å². The van der Waals surface area contributed by atoms with Gasteiger partial charge in [-0.2, -0.15) is 0 Å². The van der Waals surface area contributed by atoms with Gasteiger partial charge in [-0.3, -0.25) is 4.79 Å². The number of hydrogen-bond acceptors (Lipinski definition) is 3. The summed E-state index contributed by atoms with van der Waals surface area (Å²) in [4.78, 5) is 18.2. The standard InChI is InChI=1S/C17H21N3O/c1-4-20(15-8-6-5-7-9-15)16-11-10-14(12-18-16)19-17(21)13(2)3/h5-13H,4H2,1-3H3,(H,19,21). The zero-order chi connectivity index (χ0) is 15.2. The van der Waals surface area contributed by atoms with Crippen molar-refractivity contribution < 1.29 is 4.79 Å². The SMILES string of the molecule is CCN(c1ccccc1)c1ccc(NC(=O)C(C)C)cn1. The number of hydrogen-bond donors (Lipinski definition) is 1. The van der Waals surface area contributed by atoms with Crippen LogP contribution in [0.5, 0.6) is 0 Å². The monoisotopic (exact) mass is 283 g/mol. The molecule has 110 valence electrons. The van der Waals surface area contributed by atoms with E-state index in [1.54, 1.807) is 6.20 Å². The van der Waals surface area contributed by atoms with E-state index >= 15 is 0 Å². The van der Waals surface area contributed by atoms with Crippen molar-refractivity contribution in [1.29, 1.82) is 0 Å². The summed E-state index contributed by atoms with van der Waals surface area (Å²) in [5.41, 5.74) is 1.83. The normalized spacial score (nSPS) is 10.5. The van der Waals surface area contributed by atoms with E-state index in [0.717, 1.165) is 23.7 Å². The second-order valence-corrected chi connectivity index (χ2v) is 5.13. The van der Waals surface area contributed by atoms with Crippen molar-refractivity contribution in [2.24, 2.45) is 5.92 Å². The summed E-state index contributed by atoms with van der Waals surface area (Å²) >= 11 is 0.